The highest BCUT2D eigenvalue weighted by Gasteiger charge is 2.34. The Hall–Kier alpha value is -3.17. The van der Waals surface area contributed by atoms with Crippen LogP contribution in [-0.4, -0.2) is 73.2 Å². The lowest BCUT2D eigenvalue weighted by Crippen LogP contribution is -2.48. The van der Waals surface area contributed by atoms with E-state index in [0.717, 1.165) is 88.8 Å². The van der Waals surface area contributed by atoms with Gasteiger partial charge in [0.2, 0.25) is 5.91 Å². The van der Waals surface area contributed by atoms with Crippen LogP contribution in [0.4, 0.5) is 0 Å². The molecule has 2 fully saturated rings. The number of ether oxygens (including phenoxy) is 1. The Labute approximate surface area is 209 Å². The summed E-state index contributed by atoms with van der Waals surface area (Å²) in [5.74, 6) is 1.91. The first-order chi connectivity index (χ1) is 17.0. The first-order valence-electron chi connectivity index (χ1n) is 12.0. The summed E-state index contributed by atoms with van der Waals surface area (Å²) in [6.45, 7) is 6.16. The van der Waals surface area contributed by atoms with Crippen molar-refractivity contribution >= 4 is 39.5 Å². The molecule has 0 atom stereocenters. The number of amidine groups is 1. The number of aromatic amines is 1. The number of benzene rings is 1. The lowest BCUT2D eigenvalue weighted by molar-refractivity contribution is -0.134. The highest BCUT2D eigenvalue weighted by molar-refractivity contribution is 7.22. The summed E-state index contributed by atoms with van der Waals surface area (Å²) in [6.07, 6.45) is 3.58. The number of carbonyl (C=O) groups is 1. The van der Waals surface area contributed by atoms with Crippen LogP contribution in [0.3, 0.4) is 0 Å². The van der Waals surface area contributed by atoms with Crippen molar-refractivity contribution in [2.75, 3.05) is 40.3 Å². The number of aliphatic imine (C=N–C) groups is 2. The van der Waals surface area contributed by atoms with Gasteiger partial charge < -0.3 is 20.4 Å². The third-order valence-corrected chi connectivity index (χ3v) is 7.86. The van der Waals surface area contributed by atoms with Crippen LogP contribution < -0.4 is 10.5 Å². The number of hydrogen-bond acceptors (Lipinski definition) is 5. The molecule has 9 heteroatoms. The molecular weight excluding hydrogens is 460 g/mol. The monoisotopic (exact) mass is 492 g/mol. The molecule has 3 N–H and O–H groups in total. The van der Waals surface area contributed by atoms with E-state index in [1.807, 2.05) is 4.90 Å². The third kappa shape index (κ3) is 4.97. The fourth-order valence-corrected chi connectivity index (χ4v) is 5.84. The van der Waals surface area contributed by atoms with Crippen LogP contribution in [0.25, 0.3) is 20.5 Å². The molecule has 0 radical (unpaired) electrons. The number of nitrogens with one attached hydrogen (secondary N) is 1. The SMILES string of the molecule is CN=CN=C(N)c1[nH]c(CN2CCN(C(=O)C3CC3)CC2)cc1-c1cc2cc(C)cc(OC)c2s1. The summed E-state index contributed by atoms with van der Waals surface area (Å²) in [5, 5.41) is 1.15. The molecule has 1 saturated carbocycles. The molecule has 35 heavy (non-hydrogen) atoms. The Kier molecular flexibility index (Phi) is 6.62. The topological polar surface area (TPSA) is 99.3 Å². The minimum absolute atomic E-state index is 0.285. The fraction of sp³-hybridized carbons (Fsp3) is 0.423. The third-order valence-electron chi connectivity index (χ3n) is 6.66. The number of aryl methyl sites for hydroxylation is 1. The molecule has 2 aromatic heterocycles. The van der Waals surface area contributed by atoms with Gasteiger partial charge in [-0.3, -0.25) is 14.7 Å². The second-order valence-electron chi connectivity index (χ2n) is 9.34. The minimum atomic E-state index is 0.285. The molecule has 5 rings (SSSR count). The van der Waals surface area contributed by atoms with Crippen molar-refractivity contribution in [3.8, 4) is 16.2 Å². The summed E-state index contributed by atoms with van der Waals surface area (Å²) in [7, 11) is 3.38. The predicted molar refractivity (Wildman–Crippen MR) is 143 cm³/mol. The molecule has 3 aromatic rings. The maximum Gasteiger partial charge on any atom is 0.225 e. The molecule has 1 amide bonds. The molecule has 1 aromatic carbocycles. The van der Waals surface area contributed by atoms with Gasteiger partial charge in [-0.15, -0.1) is 11.3 Å². The summed E-state index contributed by atoms with van der Waals surface area (Å²) in [5.41, 5.74) is 10.4. The molecular formula is C26H32N6O2S. The highest BCUT2D eigenvalue weighted by atomic mass is 32.1. The van der Waals surface area contributed by atoms with E-state index in [-0.39, 0.29) is 5.92 Å². The van der Waals surface area contributed by atoms with Gasteiger partial charge >= 0.3 is 0 Å². The van der Waals surface area contributed by atoms with Gasteiger partial charge in [0.05, 0.1) is 17.5 Å². The van der Waals surface area contributed by atoms with Crippen LogP contribution in [0.15, 0.2) is 34.3 Å². The van der Waals surface area contributed by atoms with E-state index in [2.05, 4.69) is 51.1 Å². The number of piperazine rings is 1. The van der Waals surface area contributed by atoms with Gasteiger partial charge in [-0.1, -0.05) is 6.07 Å². The smallest absolute Gasteiger partial charge is 0.225 e. The van der Waals surface area contributed by atoms with Crippen LogP contribution >= 0.6 is 11.3 Å². The normalized spacial score (nSPS) is 17.6. The molecule has 184 valence electrons. The second-order valence-corrected chi connectivity index (χ2v) is 10.4. The number of hydrogen-bond donors (Lipinski definition) is 2. The fourth-order valence-electron chi connectivity index (χ4n) is 4.68. The number of fused-ring (bicyclic) bond motifs is 1. The highest BCUT2D eigenvalue weighted by Crippen LogP contribution is 2.41. The number of H-pyrrole nitrogens is 1. The molecule has 0 spiro atoms. The Balaban J connectivity index is 1.42. The zero-order valence-electron chi connectivity index (χ0n) is 20.5. The predicted octanol–water partition coefficient (Wildman–Crippen LogP) is 3.63. The number of amides is 1. The number of methoxy groups -OCH3 is 1. The number of nitrogens with zero attached hydrogens (tertiary/aromatic N) is 4. The first kappa shape index (κ1) is 23.6. The van der Waals surface area contributed by atoms with Crippen LogP contribution in [0, 0.1) is 12.8 Å². The number of aromatic nitrogens is 1. The van der Waals surface area contributed by atoms with Gasteiger partial charge in [-0.25, -0.2) is 4.99 Å². The largest absolute Gasteiger partial charge is 0.495 e. The zero-order chi connectivity index (χ0) is 24.5. The summed E-state index contributed by atoms with van der Waals surface area (Å²) in [4.78, 5) is 29.7. The van der Waals surface area contributed by atoms with Gasteiger partial charge in [0.15, 0.2) is 0 Å². The van der Waals surface area contributed by atoms with Crippen molar-refractivity contribution in [1.29, 1.82) is 0 Å². The molecule has 1 aliphatic heterocycles. The van der Waals surface area contributed by atoms with Gasteiger partial charge in [0.25, 0.3) is 0 Å². The van der Waals surface area contributed by atoms with Crippen LogP contribution in [0.2, 0.25) is 0 Å². The Bertz CT molecular complexity index is 1290. The van der Waals surface area contributed by atoms with Crippen molar-refractivity contribution in [3.63, 3.8) is 0 Å². The molecule has 2 aliphatic rings. The molecule has 1 aliphatic carbocycles. The standard InChI is InChI=1S/C26H32N6O2S/c1-16-10-18-12-22(35-24(18)21(11-16)34-3)20-13-19(30-23(20)25(27)29-15-28-2)14-31-6-8-32(9-7-31)26(33)17-4-5-17/h10-13,15,17,30H,4-9,14H2,1-3H3,(H2,27,28,29). The van der Waals surface area contributed by atoms with Crippen molar-refractivity contribution in [2.45, 2.75) is 26.3 Å². The average Bonchev–Trinajstić information content (AvgIpc) is 3.49. The molecule has 1 saturated heterocycles. The lowest BCUT2D eigenvalue weighted by atomic mass is 10.1. The van der Waals surface area contributed by atoms with E-state index in [9.17, 15) is 4.79 Å². The number of nitrogens with two attached hydrogens (primary N) is 1. The lowest BCUT2D eigenvalue weighted by Gasteiger charge is -2.34. The van der Waals surface area contributed by atoms with Gasteiger partial charge in [-0.2, -0.15) is 0 Å². The Morgan fingerprint density at radius 2 is 2.00 bits per heavy atom. The summed E-state index contributed by atoms with van der Waals surface area (Å²) >= 11 is 1.69. The van der Waals surface area contributed by atoms with Gasteiger partial charge in [-0.05, 0) is 48.9 Å². The van der Waals surface area contributed by atoms with Gasteiger partial charge in [0, 0.05) is 61.8 Å². The Morgan fingerprint density at radius 1 is 1.23 bits per heavy atom. The second kappa shape index (κ2) is 9.83. The first-order valence-corrected chi connectivity index (χ1v) is 12.8. The Morgan fingerprint density at radius 3 is 2.69 bits per heavy atom. The van der Waals surface area contributed by atoms with E-state index in [0.29, 0.717) is 11.7 Å². The number of thiophene rings is 1. The van der Waals surface area contributed by atoms with Gasteiger partial charge in [0.1, 0.15) is 17.9 Å². The van der Waals surface area contributed by atoms with Crippen molar-refractivity contribution in [3.05, 3.63) is 41.2 Å². The van der Waals surface area contributed by atoms with Crippen LogP contribution in [-0.2, 0) is 11.3 Å². The van der Waals surface area contributed by atoms with Crippen molar-refractivity contribution < 1.29 is 9.53 Å². The van der Waals surface area contributed by atoms with Crippen LogP contribution in [0.1, 0.15) is 29.8 Å². The van der Waals surface area contributed by atoms with E-state index in [4.69, 9.17) is 10.5 Å². The van der Waals surface area contributed by atoms with Crippen LogP contribution in [0.5, 0.6) is 5.75 Å². The zero-order valence-corrected chi connectivity index (χ0v) is 21.3. The van der Waals surface area contributed by atoms with E-state index >= 15 is 0 Å². The maximum absolute atomic E-state index is 12.4. The minimum Gasteiger partial charge on any atom is -0.495 e. The molecule has 0 unspecified atom stereocenters. The van der Waals surface area contributed by atoms with E-state index in [1.165, 1.54) is 6.34 Å². The number of rotatable bonds is 7. The molecule has 8 nitrogen and oxygen atoms in total. The van der Waals surface area contributed by atoms with Crippen molar-refractivity contribution in [2.24, 2.45) is 21.6 Å². The molecule has 0 bridgehead atoms. The molecule has 3 heterocycles. The average molecular weight is 493 g/mol. The number of carbonyl (C=O) groups excluding carboxylic acids is 1. The maximum atomic E-state index is 12.4. The van der Waals surface area contributed by atoms with E-state index in [1.54, 1.807) is 25.5 Å². The van der Waals surface area contributed by atoms with Crippen molar-refractivity contribution in [1.82, 2.24) is 14.8 Å². The summed E-state index contributed by atoms with van der Waals surface area (Å²) < 4.78 is 6.75. The van der Waals surface area contributed by atoms with E-state index < -0.39 is 0 Å². The quantitative estimate of drug-likeness (QED) is 0.389. The summed E-state index contributed by atoms with van der Waals surface area (Å²) in [6, 6.07) is 8.60.